The molecule has 0 atom stereocenters. The third-order valence-corrected chi connectivity index (χ3v) is 6.18. The SMILES string of the molecule is O=S(=O)(Nc1cscn1)c1cc(Cl)c(NCc2c(F)ccc(F)c2CO)cc1F. The predicted molar refractivity (Wildman–Crippen MR) is 104 cm³/mol. The number of sulfonamides is 1. The van der Waals surface area contributed by atoms with Crippen molar-refractivity contribution in [2.24, 2.45) is 0 Å². The van der Waals surface area contributed by atoms with Gasteiger partial charge in [-0.25, -0.2) is 26.6 Å². The first-order valence-electron chi connectivity index (χ1n) is 7.93. The summed E-state index contributed by atoms with van der Waals surface area (Å²) in [5, 5.41) is 13.1. The van der Waals surface area contributed by atoms with Gasteiger partial charge in [-0.1, -0.05) is 11.6 Å². The fraction of sp³-hybridized carbons (Fsp3) is 0.118. The maximum absolute atomic E-state index is 14.5. The standard InChI is InChI=1S/C17H13ClF3N3O3S2/c18-11-3-16(29(26,27)24-17-7-28-8-23-17)14(21)4-15(11)22-5-9-10(6-25)13(20)2-1-12(9)19/h1-4,7-8,22,24-25H,5-6H2. The number of aliphatic hydroxyl groups excluding tert-OH is 1. The molecule has 3 N–H and O–H groups in total. The van der Waals surface area contributed by atoms with Crippen LogP contribution in [0.3, 0.4) is 0 Å². The van der Waals surface area contributed by atoms with Crippen molar-refractivity contribution >= 4 is 44.5 Å². The third kappa shape index (κ3) is 4.64. The van der Waals surface area contributed by atoms with Gasteiger partial charge in [0.05, 0.1) is 22.8 Å². The van der Waals surface area contributed by atoms with Crippen molar-refractivity contribution in [1.82, 2.24) is 4.98 Å². The number of benzene rings is 2. The van der Waals surface area contributed by atoms with Gasteiger partial charge in [0.1, 0.15) is 22.3 Å². The highest BCUT2D eigenvalue weighted by Gasteiger charge is 2.22. The van der Waals surface area contributed by atoms with Gasteiger partial charge in [0.2, 0.25) is 0 Å². The molecular formula is C17H13ClF3N3O3S2. The number of aromatic nitrogens is 1. The Morgan fingerprint density at radius 2 is 1.79 bits per heavy atom. The lowest BCUT2D eigenvalue weighted by Crippen LogP contribution is -2.15. The molecule has 2 aromatic carbocycles. The summed E-state index contributed by atoms with van der Waals surface area (Å²) in [6.45, 7) is -1.05. The van der Waals surface area contributed by atoms with E-state index in [0.29, 0.717) is 0 Å². The first kappa shape index (κ1) is 21.4. The quantitative estimate of drug-likeness (QED) is 0.490. The summed E-state index contributed by atoms with van der Waals surface area (Å²) in [7, 11) is -4.28. The van der Waals surface area contributed by atoms with E-state index in [2.05, 4.69) is 15.0 Å². The van der Waals surface area contributed by atoms with Crippen LogP contribution < -0.4 is 10.0 Å². The van der Waals surface area contributed by atoms with E-state index in [9.17, 15) is 26.7 Å². The predicted octanol–water partition coefficient (Wildman–Crippen LogP) is 4.12. The molecule has 0 spiro atoms. The van der Waals surface area contributed by atoms with Crippen molar-refractivity contribution in [3.63, 3.8) is 0 Å². The first-order valence-corrected chi connectivity index (χ1v) is 10.7. The molecule has 29 heavy (non-hydrogen) atoms. The van der Waals surface area contributed by atoms with Gasteiger partial charge in [-0.2, -0.15) is 0 Å². The van der Waals surface area contributed by atoms with Gasteiger partial charge in [-0.15, -0.1) is 11.3 Å². The van der Waals surface area contributed by atoms with E-state index >= 15 is 0 Å². The van der Waals surface area contributed by atoms with Gasteiger partial charge in [0, 0.05) is 23.1 Å². The number of hydrogen-bond donors (Lipinski definition) is 3. The summed E-state index contributed by atoms with van der Waals surface area (Å²) in [5.41, 5.74) is 0.955. The highest BCUT2D eigenvalue weighted by Crippen LogP contribution is 2.30. The van der Waals surface area contributed by atoms with Crippen LogP contribution in [-0.2, 0) is 23.2 Å². The molecule has 0 radical (unpaired) electrons. The molecule has 1 aromatic heterocycles. The Hall–Kier alpha value is -2.34. The number of nitrogens with zero attached hydrogens (tertiary/aromatic N) is 1. The van der Waals surface area contributed by atoms with E-state index in [4.69, 9.17) is 11.6 Å². The monoisotopic (exact) mass is 463 g/mol. The second kappa shape index (κ2) is 8.57. The van der Waals surface area contributed by atoms with Crippen molar-refractivity contribution in [1.29, 1.82) is 0 Å². The Balaban J connectivity index is 1.86. The molecule has 6 nitrogen and oxygen atoms in total. The molecular weight excluding hydrogens is 451 g/mol. The fourth-order valence-corrected chi connectivity index (χ4v) is 4.45. The van der Waals surface area contributed by atoms with Crippen molar-refractivity contribution in [3.05, 3.63) is 68.8 Å². The normalized spacial score (nSPS) is 11.5. The molecule has 0 aliphatic carbocycles. The molecule has 0 aliphatic heterocycles. The van der Waals surface area contributed by atoms with Crippen LogP contribution in [0, 0.1) is 17.5 Å². The number of thiazole rings is 1. The van der Waals surface area contributed by atoms with Crippen molar-refractivity contribution in [2.75, 3.05) is 10.0 Å². The van der Waals surface area contributed by atoms with E-state index < -0.39 is 39.0 Å². The van der Waals surface area contributed by atoms with Crippen LogP contribution in [0.1, 0.15) is 11.1 Å². The third-order valence-electron chi connectivity index (χ3n) is 3.91. The van der Waals surface area contributed by atoms with Crippen LogP contribution in [0.25, 0.3) is 0 Å². The van der Waals surface area contributed by atoms with Crippen LogP contribution in [0.4, 0.5) is 24.7 Å². The van der Waals surface area contributed by atoms with E-state index in [1.165, 1.54) is 10.9 Å². The summed E-state index contributed by atoms with van der Waals surface area (Å²) >= 11 is 7.20. The zero-order valence-corrected chi connectivity index (χ0v) is 16.8. The Morgan fingerprint density at radius 3 is 2.41 bits per heavy atom. The maximum atomic E-state index is 14.5. The van der Waals surface area contributed by atoms with Crippen LogP contribution in [0.2, 0.25) is 5.02 Å². The Kier molecular flexibility index (Phi) is 6.32. The number of nitrogens with one attached hydrogen (secondary N) is 2. The molecule has 0 saturated heterocycles. The number of halogens is 4. The Bertz CT molecular complexity index is 1140. The molecule has 3 rings (SSSR count). The second-order valence-electron chi connectivity index (χ2n) is 5.74. The lowest BCUT2D eigenvalue weighted by molar-refractivity contribution is 0.273. The molecule has 0 bridgehead atoms. The van der Waals surface area contributed by atoms with Crippen LogP contribution in [0.15, 0.2) is 40.1 Å². The van der Waals surface area contributed by atoms with Crippen LogP contribution in [-0.4, -0.2) is 18.5 Å². The smallest absolute Gasteiger partial charge is 0.266 e. The highest BCUT2D eigenvalue weighted by atomic mass is 35.5. The van der Waals surface area contributed by atoms with Gasteiger partial charge in [0.15, 0.2) is 5.82 Å². The van der Waals surface area contributed by atoms with Crippen molar-refractivity contribution in [3.8, 4) is 0 Å². The van der Waals surface area contributed by atoms with Gasteiger partial charge in [-0.05, 0) is 24.3 Å². The largest absolute Gasteiger partial charge is 0.392 e. The zero-order valence-electron chi connectivity index (χ0n) is 14.4. The lowest BCUT2D eigenvalue weighted by Gasteiger charge is -2.14. The summed E-state index contributed by atoms with van der Waals surface area (Å²) in [5.74, 6) is -2.64. The minimum Gasteiger partial charge on any atom is -0.392 e. The van der Waals surface area contributed by atoms with Gasteiger partial charge >= 0.3 is 0 Å². The van der Waals surface area contributed by atoms with Crippen LogP contribution >= 0.6 is 22.9 Å². The molecule has 0 fully saturated rings. The van der Waals surface area contributed by atoms with Crippen LogP contribution in [0.5, 0.6) is 0 Å². The number of anilines is 2. The Labute approximate surface area is 173 Å². The maximum Gasteiger partial charge on any atom is 0.266 e. The van der Waals surface area contributed by atoms with E-state index in [-0.39, 0.29) is 34.2 Å². The fourth-order valence-electron chi connectivity index (χ4n) is 2.51. The van der Waals surface area contributed by atoms with Gasteiger partial charge in [0.25, 0.3) is 10.0 Å². The van der Waals surface area contributed by atoms with Crippen molar-refractivity contribution in [2.45, 2.75) is 18.0 Å². The molecule has 154 valence electrons. The lowest BCUT2D eigenvalue weighted by atomic mass is 10.1. The second-order valence-corrected chi connectivity index (χ2v) is 8.52. The van der Waals surface area contributed by atoms with Gasteiger partial charge < -0.3 is 10.4 Å². The highest BCUT2D eigenvalue weighted by molar-refractivity contribution is 7.92. The Morgan fingerprint density at radius 1 is 1.10 bits per heavy atom. The van der Waals surface area contributed by atoms with E-state index in [1.807, 2.05) is 0 Å². The average molecular weight is 464 g/mol. The molecule has 12 heteroatoms. The number of rotatable bonds is 7. The van der Waals surface area contributed by atoms with Gasteiger partial charge in [-0.3, -0.25) is 4.72 Å². The summed E-state index contributed by atoms with van der Waals surface area (Å²) in [4.78, 5) is 3.07. The number of hydrogen-bond acceptors (Lipinski definition) is 6. The summed E-state index contributed by atoms with van der Waals surface area (Å²) in [6.07, 6.45) is 0. The minimum atomic E-state index is -4.28. The molecule has 0 unspecified atom stereocenters. The summed E-state index contributed by atoms with van der Waals surface area (Å²) in [6, 6.07) is 3.50. The molecule has 0 amide bonds. The molecule has 3 aromatic rings. The number of aliphatic hydroxyl groups is 1. The van der Waals surface area contributed by atoms with E-state index in [0.717, 1.165) is 35.6 Å². The topological polar surface area (TPSA) is 91.3 Å². The average Bonchev–Trinajstić information content (AvgIpc) is 3.16. The van der Waals surface area contributed by atoms with E-state index in [1.54, 1.807) is 0 Å². The molecule has 0 aliphatic rings. The zero-order chi connectivity index (χ0) is 21.2. The minimum absolute atomic E-state index is 0.0332. The summed E-state index contributed by atoms with van der Waals surface area (Å²) < 4.78 is 69.0. The molecule has 1 heterocycles. The first-order chi connectivity index (χ1) is 13.7. The van der Waals surface area contributed by atoms with Crippen molar-refractivity contribution < 1.29 is 26.7 Å². The molecule has 0 saturated carbocycles.